The van der Waals surface area contributed by atoms with Crippen molar-refractivity contribution in [3.8, 4) is 11.5 Å². The highest BCUT2D eigenvalue weighted by Crippen LogP contribution is 2.38. The summed E-state index contributed by atoms with van der Waals surface area (Å²) in [4.78, 5) is 2.57. The van der Waals surface area contributed by atoms with Gasteiger partial charge in [0.25, 0.3) is 0 Å². The van der Waals surface area contributed by atoms with Crippen LogP contribution < -0.4 is 14.8 Å². The van der Waals surface area contributed by atoms with Crippen LogP contribution in [0.4, 0.5) is 0 Å². The van der Waals surface area contributed by atoms with E-state index in [4.69, 9.17) is 21.1 Å². The van der Waals surface area contributed by atoms with Gasteiger partial charge in [-0.05, 0) is 69.6 Å². The van der Waals surface area contributed by atoms with Crippen LogP contribution in [0, 0.1) is 0 Å². The van der Waals surface area contributed by atoms with Crippen molar-refractivity contribution in [3.05, 3.63) is 22.7 Å². The van der Waals surface area contributed by atoms with Gasteiger partial charge in [-0.2, -0.15) is 0 Å². The van der Waals surface area contributed by atoms with Gasteiger partial charge in [-0.15, -0.1) is 0 Å². The third-order valence-corrected chi connectivity index (χ3v) is 4.91. The lowest BCUT2D eigenvalue weighted by Crippen LogP contribution is -2.43. The van der Waals surface area contributed by atoms with Crippen molar-refractivity contribution < 1.29 is 9.47 Å². The normalized spacial score (nSPS) is 19.0. The Balaban J connectivity index is 1.45. The maximum atomic E-state index is 6.29. The lowest BCUT2D eigenvalue weighted by molar-refractivity contribution is 0.171. The summed E-state index contributed by atoms with van der Waals surface area (Å²) >= 11 is 6.29. The molecular weight excluding hydrogens is 312 g/mol. The summed E-state index contributed by atoms with van der Waals surface area (Å²) in [7, 11) is 0. The highest BCUT2D eigenvalue weighted by atomic mass is 35.5. The molecule has 1 aromatic rings. The molecule has 0 spiro atoms. The summed E-state index contributed by atoms with van der Waals surface area (Å²) in [5, 5.41) is 4.35. The molecule has 0 bridgehead atoms. The molecule has 2 aliphatic rings. The highest BCUT2D eigenvalue weighted by Gasteiger charge is 2.19. The van der Waals surface area contributed by atoms with Crippen LogP contribution in [-0.2, 0) is 6.42 Å². The quantitative estimate of drug-likeness (QED) is 0.864. The van der Waals surface area contributed by atoms with Gasteiger partial charge < -0.3 is 19.7 Å². The largest absolute Gasteiger partial charge is 0.486 e. The van der Waals surface area contributed by atoms with E-state index in [1.807, 2.05) is 6.07 Å². The van der Waals surface area contributed by atoms with Gasteiger partial charge in [-0.1, -0.05) is 18.5 Å². The molecule has 2 heterocycles. The second-order valence-corrected chi connectivity index (χ2v) is 6.83. The summed E-state index contributed by atoms with van der Waals surface area (Å²) < 4.78 is 11.2. The average molecular weight is 339 g/mol. The Morgan fingerprint density at radius 2 is 2.00 bits per heavy atom. The van der Waals surface area contributed by atoms with Crippen LogP contribution in [0.25, 0.3) is 0 Å². The topological polar surface area (TPSA) is 33.7 Å². The highest BCUT2D eigenvalue weighted by molar-refractivity contribution is 6.32. The monoisotopic (exact) mass is 338 g/mol. The molecule has 0 atom stereocenters. The number of likely N-dealkylation sites (tertiary alicyclic amines) is 1. The Morgan fingerprint density at radius 3 is 2.78 bits per heavy atom. The van der Waals surface area contributed by atoms with Gasteiger partial charge in [-0.25, -0.2) is 0 Å². The number of ether oxygens (including phenoxy) is 2. The van der Waals surface area contributed by atoms with Crippen LogP contribution in [0.15, 0.2) is 12.1 Å². The first kappa shape index (κ1) is 16.9. The molecule has 1 aromatic carbocycles. The van der Waals surface area contributed by atoms with E-state index < -0.39 is 0 Å². The molecule has 0 saturated carbocycles. The Labute approximate surface area is 144 Å². The molecule has 0 radical (unpaired) electrons. The number of nitrogens with one attached hydrogen (secondary N) is 1. The van der Waals surface area contributed by atoms with Crippen LogP contribution in [0.3, 0.4) is 0 Å². The van der Waals surface area contributed by atoms with Crippen molar-refractivity contribution in [2.24, 2.45) is 0 Å². The zero-order valence-corrected chi connectivity index (χ0v) is 14.7. The second kappa shape index (κ2) is 8.22. The summed E-state index contributed by atoms with van der Waals surface area (Å²) in [6.45, 7) is 8.09. The van der Waals surface area contributed by atoms with Crippen molar-refractivity contribution in [1.29, 1.82) is 0 Å². The van der Waals surface area contributed by atoms with Crippen molar-refractivity contribution in [2.75, 3.05) is 39.4 Å². The minimum absolute atomic E-state index is 0.574. The molecule has 1 saturated heterocycles. The molecule has 0 amide bonds. The van der Waals surface area contributed by atoms with Crippen molar-refractivity contribution in [2.45, 2.75) is 38.6 Å². The summed E-state index contributed by atoms with van der Waals surface area (Å²) in [5.41, 5.74) is 1.20. The zero-order valence-electron chi connectivity index (χ0n) is 13.9. The maximum absolute atomic E-state index is 6.29. The second-order valence-electron chi connectivity index (χ2n) is 6.42. The van der Waals surface area contributed by atoms with Crippen LogP contribution in [0.5, 0.6) is 11.5 Å². The zero-order chi connectivity index (χ0) is 16.1. The van der Waals surface area contributed by atoms with Gasteiger partial charge in [0.1, 0.15) is 13.2 Å². The number of hydrogen-bond donors (Lipinski definition) is 1. The number of piperidine rings is 1. The summed E-state index contributed by atoms with van der Waals surface area (Å²) in [5.74, 6) is 1.48. The van der Waals surface area contributed by atoms with Gasteiger partial charge >= 0.3 is 0 Å². The number of fused-ring (bicyclic) bond motifs is 1. The number of halogens is 1. The average Bonchev–Trinajstić information content (AvgIpc) is 2.57. The molecular formula is C18H27ClN2O2. The van der Waals surface area contributed by atoms with E-state index in [9.17, 15) is 0 Å². The molecule has 3 rings (SSSR count). The van der Waals surface area contributed by atoms with E-state index in [0.29, 0.717) is 30.0 Å². The molecule has 1 N–H and O–H groups in total. The molecule has 0 unspecified atom stereocenters. The molecule has 4 nitrogen and oxygen atoms in total. The van der Waals surface area contributed by atoms with Gasteiger partial charge in [0.15, 0.2) is 11.5 Å². The van der Waals surface area contributed by atoms with E-state index in [1.165, 1.54) is 44.5 Å². The van der Waals surface area contributed by atoms with E-state index >= 15 is 0 Å². The van der Waals surface area contributed by atoms with E-state index in [0.717, 1.165) is 18.7 Å². The first-order valence-corrected chi connectivity index (χ1v) is 9.18. The predicted octanol–water partition coefficient (Wildman–Crippen LogP) is 3.12. The summed E-state index contributed by atoms with van der Waals surface area (Å²) in [6, 6.07) is 4.71. The molecule has 2 aliphatic heterocycles. The third kappa shape index (κ3) is 4.52. The lowest BCUT2D eigenvalue weighted by atomic mass is 10.0. The van der Waals surface area contributed by atoms with Crippen molar-refractivity contribution in [3.63, 3.8) is 0 Å². The Morgan fingerprint density at radius 1 is 1.22 bits per heavy atom. The number of rotatable bonds is 6. The first-order chi connectivity index (χ1) is 11.3. The van der Waals surface area contributed by atoms with Crippen molar-refractivity contribution >= 4 is 11.6 Å². The maximum Gasteiger partial charge on any atom is 0.179 e. The predicted molar refractivity (Wildman–Crippen MR) is 93.9 cm³/mol. The number of benzene rings is 1. The minimum Gasteiger partial charge on any atom is -0.486 e. The SMILES string of the molecule is CCCN1CCC(NCCc2cc(Cl)c3c(c2)OCCO3)CC1. The van der Waals surface area contributed by atoms with Crippen LogP contribution in [0.1, 0.15) is 31.7 Å². The van der Waals surface area contributed by atoms with Crippen LogP contribution in [0.2, 0.25) is 5.02 Å². The summed E-state index contributed by atoms with van der Waals surface area (Å²) in [6.07, 6.45) is 4.72. The Kier molecular flexibility index (Phi) is 6.03. The van der Waals surface area contributed by atoms with Crippen LogP contribution in [-0.4, -0.2) is 50.3 Å². The van der Waals surface area contributed by atoms with E-state index in [1.54, 1.807) is 0 Å². The Bertz CT molecular complexity index is 516. The van der Waals surface area contributed by atoms with Gasteiger partial charge in [-0.3, -0.25) is 0 Å². The molecule has 23 heavy (non-hydrogen) atoms. The van der Waals surface area contributed by atoms with E-state index in [-0.39, 0.29) is 0 Å². The molecule has 5 heteroatoms. The minimum atomic E-state index is 0.574. The number of hydrogen-bond acceptors (Lipinski definition) is 4. The standard InChI is InChI=1S/C18H27ClN2O2/c1-2-7-21-8-4-15(5-9-21)20-6-3-14-12-16(19)18-17(13-14)22-10-11-23-18/h12-13,15,20H,2-11H2,1H3. The fourth-order valence-corrected chi connectivity index (χ4v) is 3.69. The fraction of sp³-hybridized carbons (Fsp3) is 0.667. The lowest BCUT2D eigenvalue weighted by Gasteiger charge is -2.32. The van der Waals surface area contributed by atoms with Gasteiger partial charge in [0.05, 0.1) is 5.02 Å². The van der Waals surface area contributed by atoms with Crippen LogP contribution >= 0.6 is 11.6 Å². The molecule has 128 valence electrons. The molecule has 0 aromatic heterocycles. The van der Waals surface area contributed by atoms with Gasteiger partial charge in [0.2, 0.25) is 0 Å². The third-order valence-electron chi connectivity index (χ3n) is 4.63. The fourth-order valence-electron chi connectivity index (χ4n) is 3.41. The number of nitrogens with zero attached hydrogens (tertiary/aromatic N) is 1. The van der Waals surface area contributed by atoms with Gasteiger partial charge in [0, 0.05) is 6.04 Å². The molecule has 1 fully saturated rings. The van der Waals surface area contributed by atoms with E-state index in [2.05, 4.69) is 23.2 Å². The Hall–Kier alpha value is -0.970. The van der Waals surface area contributed by atoms with Crippen molar-refractivity contribution in [1.82, 2.24) is 10.2 Å². The smallest absolute Gasteiger partial charge is 0.179 e. The molecule has 0 aliphatic carbocycles. The first-order valence-electron chi connectivity index (χ1n) is 8.80.